The zero-order valence-electron chi connectivity index (χ0n) is 7.88. The predicted octanol–water partition coefficient (Wildman–Crippen LogP) is 3.26. The summed E-state index contributed by atoms with van der Waals surface area (Å²) < 4.78 is 34.2. The number of nitrogens with zero attached hydrogens (tertiary/aromatic N) is 2. The van der Waals surface area contributed by atoms with Crippen LogP contribution < -0.4 is 9.47 Å². The van der Waals surface area contributed by atoms with Crippen LogP contribution in [-0.2, 0) is 0 Å². The molecule has 0 radical (unpaired) electrons. The number of rotatable bonds is 0. The molecule has 1 aromatic carbocycles. The van der Waals surface area contributed by atoms with Crippen LogP contribution in [0.5, 0.6) is 11.5 Å². The monoisotopic (exact) mass is 278 g/mol. The zero-order valence-corrected chi connectivity index (χ0v) is 9.39. The SMILES string of the molecule is FC1(F)Oc2cc3nc(Cl)nc(Cl)c3cc2O1. The van der Waals surface area contributed by atoms with Crippen LogP contribution in [0.3, 0.4) is 0 Å². The molecule has 0 aliphatic carbocycles. The van der Waals surface area contributed by atoms with E-state index in [4.69, 9.17) is 23.2 Å². The third kappa shape index (κ3) is 1.73. The fraction of sp³-hybridized carbons (Fsp3) is 0.111. The van der Waals surface area contributed by atoms with Crippen molar-refractivity contribution in [2.75, 3.05) is 0 Å². The van der Waals surface area contributed by atoms with Crippen LogP contribution in [0.4, 0.5) is 8.78 Å². The summed E-state index contributed by atoms with van der Waals surface area (Å²) >= 11 is 11.4. The van der Waals surface area contributed by atoms with Crippen molar-refractivity contribution in [3.63, 3.8) is 0 Å². The van der Waals surface area contributed by atoms with E-state index in [-0.39, 0.29) is 21.9 Å². The average Bonchev–Trinajstić information content (AvgIpc) is 2.48. The number of fused-ring (bicyclic) bond motifs is 2. The van der Waals surface area contributed by atoms with Crippen LogP contribution in [0.1, 0.15) is 0 Å². The molecular weight excluding hydrogens is 277 g/mol. The van der Waals surface area contributed by atoms with Gasteiger partial charge < -0.3 is 9.47 Å². The summed E-state index contributed by atoms with van der Waals surface area (Å²) in [6.45, 7) is 0. The maximum absolute atomic E-state index is 12.8. The molecule has 0 saturated heterocycles. The molecule has 1 aliphatic rings. The van der Waals surface area contributed by atoms with E-state index in [0.717, 1.165) is 0 Å². The van der Waals surface area contributed by atoms with E-state index in [2.05, 4.69) is 19.4 Å². The summed E-state index contributed by atoms with van der Waals surface area (Å²) in [6.07, 6.45) is -3.68. The number of hydrogen-bond donors (Lipinski definition) is 0. The molecule has 17 heavy (non-hydrogen) atoms. The van der Waals surface area contributed by atoms with Crippen LogP contribution in [0.2, 0.25) is 10.4 Å². The molecule has 88 valence electrons. The first-order chi connectivity index (χ1) is 7.94. The third-order valence-electron chi connectivity index (χ3n) is 2.14. The van der Waals surface area contributed by atoms with Crippen LogP contribution in [0, 0.1) is 0 Å². The van der Waals surface area contributed by atoms with Gasteiger partial charge in [-0.1, -0.05) is 11.6 Å². The van der Waals surface area contributed by atoms with Crippen LogP contribution >= 0.6 is 23.2 Å². The zero-order chi connectivity index (χ0) is 12.2. The Bertz CT molecular complexity index is 636. The first kappa shape index (κ1) is 10.7. The lowest BCUT2D eigenvalue weighted by Gasteiger charge is -2.04. The summed E-state index contributed by atoms with van der Waals surface area (Å²) in [5, 5.41) is 0.339. The Hall–Kier alpha value is -1.40. The summed E-state index contributed by atoms with van der Waals surface area (Å²) in [4.78, 5) is 7.55. The molecule has 0 saturated carbocycles. The largest absolute Gasteiger partial charge is 0.586 e. The van der Waals surface area contributed by atoms with Gasteiger partial charge in [0.2, 0.25) is 5.28 Å². The molecule has 1 aliphatic heterocycles. The standard InChI is InChI=1S/C9H2Cl2F2N2O2/c10-7-3-1-5-6(17-9(12,13)16-5)2-4(3)14-8(11)15-7/h1-2H. The Morgan fingerprint density at radius 1 is 1.06 bits per heavy atom. The van der Waals surface area contributed by atoms with Gasteiger partial charge in [-0.05, 0) is 17.7 Å². The first-order valence-electron chi connectivity index (χ1n) is 4.37. The van der Waals surface area contributed by atoms with Gasteiger partial charge in [0.1, 0.15) is 5.15 Å². The summed E-state index contributed by atoms with van der Waals surface area (Å²) in [6, 6.07) is 2.55. The Morgan fingerprint density at radius 2 is 1.71 bits per heavy atom. The van der Waals surface area contributed by atoms with Gasteiger partial charge in [-0.3, -0.25) is 0 Å². The molecule has 2 aromatic rings. The van der Waals surface area contributed by atoms with Gasteiger partial charge in [0.05, 0.1) is 5.52 Å². The second kappa shape index (κ2) is 3.30. The summed E-state index contributed by atoms with van der Waals surface area (Å²) in [5.41, 5.74) is 0.301. The number of alkyl halides is 2. The lowest BCUT2D eigenvalue weighted by Crippen LogP contribution is -2.25. The molecule has 0 bridgehead atoms. The number of aromatic nitrogens is 2. The van der Waals surface area contributed by atoms with Crippen LogP contribution in [0.15, 0.2) is 12.1 Å². The predicted molar refractivity (Wildman–Crippen MR) is 55.8 cm³/mol. The smallest absolute Gasteiger partial charge is 0.395 e. The second-order valence-corrected chi connectivity index (χ2v) is 3.96. The highest BCUT2D eigenvalue weighted by atomic mass is 35.5. The van der Waals surface area contributed by atoms with Gasteiger partial charge in [0.15, 0.2) is 11.5 Å². The Kier molecular flexibility index (Phi) is 2.08. The first-order valence-corrected chi connectivity index (χ1v) is 5.13. The van der Waals surface area contributed by atoms with Crippen molar-refractivity contribution >= 4 is 34.1 Å². The van der Waals surface area contributed by atoms with E-state index in [9.17, 15) is 8.78 Å². The minimum Gasteiger partial charge on any atom is -0.395 e. The van der Waals surface area contributed by atoms with Gasteiger partial charge in [-0.2, -0.15) is 0 Å². The highest BCUT2D eigenvalue weighted by Crippen LogP contribution is 2.43. The fourth-order valence-electron chi connectivity index (χ4n) is 1.51. The normalized spacial score (nSPS) is 16.5. The van der Waals surface area contributed by atoms with E-state index in [0.29, 0.717) is 10.9 Å². The minimum absolute atomic E-state index is 0.0571. The van der Waals surface area contributed by atoms with Crippen molar-refractivity contribution < 1.29 is 18.3 Å². The third-order valence-corrected chi connectivity index (χ3v) is 2.60. The number of ether oxygens (including phenoxy) is 2. The van der Waals surface area contributed by atoms with Crippen molar-refractivity contribution in [2.24, 2.45) is 0 Å². The van der Waals surface area contributed by atoms with E-state index in [1.165, 1.54) is 12.1 Å². The number of benzene rings is 1. The van der Waals surface area contributed by atoms with E-state index in [1.807, 2.05) is 0 Å². The van der Waals surface area contributed by atoms with Crippen molar-refractivity contribution in [1.82, 2.24) is 9.97 Å². The second-order valence-electron chi connectivity index (χ2n) is 3.27. The molecule has 0 fully saturated rings. The average molecular weight is 279 g/mol. The molecule has 3 rings (SSSR count). The van der Waals surface area contributed by atoms with E-state index < -0.39 is 6.29 Å². The number of halogens is 4. The molecule has 0 N–H and O–H groups in total. The molecule has 1 aromatic heterocycles. The van der Waals surface area contributed by atoms with Crippen molar-refractivity contribution in [3.8, 4) is 11.5 Å². The Labute approximate surface area is 103 Å². The van der Waals surface area contributed by atoms with E-state index >= 15 is 0 Å². The molecule has 0 atom stereocenters. The fourth-order valence-corrected chi connectivity index (χ4v) is 1.96. The maximum atomic E-state index is 12.8. The van der Waals surface area contributed by atoms with E-state index in [1.54, 1.807) is 0 Å². The summed E-state index contributed by atoms with van der Waals surface area (Å²) in [5.74, 6) is -0.233. The van der Waals surface area contributed by atoms with Crippen LogP contribution in [0.25, 0.3) is 10.9 Å². The highest BCUT2D eigenvalue weighted by Gasteiger charge is 2.43. The topological polar surface area (TPSA) is 44.2 Å². The quantitative estimate of drug-likeness (QED) is 0.548. The molecule has 8 heteroatoms. The van der Waals surface area contributed by atoms with Gasteiger partial charge in [0.25, 0.3) is 0 Å². The lowest BCUT2D eigenvalue weighted by atomic mass is 10.2. The van der Waals surface area contributed by atoms with Crippen molar-refractivity contribution in [3.05, 3.63) is 22.6 Å². The molecular formula is C9H2Cl2F2N2O2. The van der Waals surface area contributed by atoms with Crippen LogP contribution in [-0.4, -0.2) is 16.3 Å². The van der Waals surface area contributed by atoms with Gasteiger partial charge in [0, 0.05) is 11.5 Å². The molecule has 0 spiro atoms. The van der Waals surface area contributed by atoms with Crippen molar-refractivity contribution in [1.29, 1.82) is 0 Å². The lowest BCUT2D eigenvalue weighted by molar-refractivity contribution is -0.286. The summed E-state index contributed by atoms with van der Waals surface area (Å²) in [7, 11) is 0. The Balaban J connectivity index is 2.27. The van der Waals surface area contributed by atoms with Crippen molar-refractivity contribution in [2.45, 2.75) is 6.29 Å². The van der Waals surface area contributed by atoms with Gasteiger partial charge in [-0.15, -0.1) is 8.78 Å². The van der Waals surface area contributed by atoms with Gasteiger partial charge >= 0.3 is 6.29 Å². The number of hydrogen-bond acceptors (Lipinski definition) is 4. The Morgan fingerprint density at radius 3 is 2.41 bits per heavy atom. The maximum Gasteiger partial charge on any atom is 0.586 e. The minimum atomic E-state index is -3.68. The molecule has 0 unspecified atom stereocenters. The molecule has 0 amide bonds. The molecule has 4 nitrogen and oxygen atoms in total. The molecule has 2 heterocycles. The van der Waals surface area contributed by atoms with Gasteiger partial charge in [-0.25, -0.2) is 9.97 Å². The highest BCUT2D eigenvalue weighted by molar-refractivity contribution is 6.35.